The molecule has 1 aliphatic heterocycles. The van der Waals surface area contributed by atoms with Gasteiger partial charge >= 0.3 is 0 Å². The highest BCUT2D eigenvalue weighted by atomic mass is 32.2. The van der Waals surface area contributed by atoms with E-state index in [9.17, 15) is 8.42 Å². The molecule has 0 aliphatic carbocycles. The Hall–Kier alpha value is -2.72. The quantitative estimate of drug-likeness (QED) is 0.388. The van der Waals surface area contributed by atoms with E-state index in [1.54, 1.807) is 23.5 Å². The highest BCUT2D eigenvalue weighted by Crippen LogP contribution is 2.31. The second-order valence-electron chi connectivity index (χ2n) is 9.42. The topological polar surface area (TPSA) is 70.9 Å². The molecule has 0 radical (unpaired) electrons. The molecule has 0 atom stereocenters. The Labute approximate surface area is 215 Å². The van der Waals surface area contributed by atoms with Crippen molar-refractivity contribution in [3.05, 3.63) is 71.4 Å². The summed E-state index contributed by atoms with van der Waals surface area (Å²) >= 11 is 0. The summed E-state index contributed by atoms with van der Waals surface area (Å²) in [5.41, 5.74) is 3.77. The fourth-order valence-electron chi connectivity index (χ4n) is 4.53. The van der Waals surface area contributed by atoms with Crippen LogP contribution >= 0.6 is 0 Å². The van der Waals surface area contributed by atoms with Gasteiger partial charge < -0.3 is 14.5 Å². The predicted octanol–water partition coefficient (Wildman–Crippen LogP) is 3.47. The number of hydrogen-bond acceptors (Lipinski definition) is 6. The summed E-state index contributed by atoms with van der Waals surface area (Å²) in [6.45, 7) is 8.63. The molecule has 3 aromatic rings. The van der Waals surface area contributed by atoms with Crippen LogP contribution in [0.5, 0.6) is 0 Å². The van der Waals surface area contributed by atoms with Crippen molar-refractivity contribution in [2.45, 2.75) is 31.7 Å². The molecular formula is C27H37N5O3S. The average Bonchev–Trinajstić information content (AvgIpc) is 3.20. The van der Waals surface area contributed by atoms with Crippen molar-refractivity contribution in [2.75, 3.05) is 58.4 Å². The minimum Gasteiger partial charge on any atom is -0.385 e. The van der Waals surface area contributed by atoms with Gasteiger partial charge in [0.25, 0.3) is 0 Å². The molecule has 1 aromatic heterocycles. The highest BCUT2D eigenvalue weighted by Gasteiger charge is 2.30. The van der Waals surface area contributed by atoms with Crippen LogP contribution in [0.4, 0.5) is 5.82 Å². The number of rotatable bonds is 10. The van der Waals surface area contributed by atoms with Gasteiger partial charge in [0.2, 0.25) is 10.0 Å². The van der Waals surface area contributed by atoms with Gasteiger partial charge in [-0.1, -0.05) is 35.9 Å². The number of nitrogens with zero attached hydrogens (tertiary/aromatic N) is 5. The van der Waals surface area contributed by atoms with Gasteiger partial charge in [-0.05, 0) is 51.6 Å². The van der Waals surface area contributed by atoms with Crippen LogP contribution in [-0.2, 0) is 21.3 Å². The third-order valence-corrected chi connectivity index (χ3v) is 8.57. The van der Waals surface area contributed by atoms with Crippen molar-refractivity contribution in [1.29, 1.82) is 0 Å². The van der Waals surface area contributed by atoms with Crippen LogP contribution in [0.25, 0.3) is 5.69 Å². The van der Waals surface area contributed by atoms with Crippen LogP contribution in [0.15, 0.2) is 59.5 Å². The lowest BCUT2D eigenvalue weighted by atomic mass is 10.2. The second-order valence-corrected chi connectivity index (χ2v) is 11.4. The molecule has 4 rings (SSSR count). The van der Waals surface area contributed by atoms with Crippen LogP contribution in [-0.4, -0.2) is 80.9 Å². The van der Waals surface area contributed by atoms with Crippen LogP contribution in [0.1, 0.15) is 23.2 Å². The van der Waals surface area contributed by atoms with Gasteiger partial charge in [-0.15, -0.1) is 0 Å². The summed E-state index contributed by atoms with van der Waals surface area (Å²) in [6, 6.07) is 17.1. The Bertz CT molecular complexity index is 1230. The third kappa shape index (κ3) is 5.81. The van der Waals surface area contributed by atoms with Gasteiger partial charge in [-0.3, -0.25) is 0 Å². The molecule has 9 heteroatoms. The van der Waals surface area contributed by atoms with Crippen LogP contribution < -0.4 is 4.90 Å². The fourth-order valence-corrected chi connectivity index (χ4v) is 5.98. The van der Waals surface area contributed by atoms with E-state index in [4.69, 9.17) is 9.84 Å². The molecule has 1 aliphatic rings. The van der Waals surface area contributed by atoms with E-state index in [2.05, 4.69) is 16.8 Å². The second kappa shape index (κ2) is 11.6. The zero-order valence-electron chi connectivity index (χ0n) is 21.7. The van der Waals surface area contributed by atoms with E-state index in [0.717, 1.165) is 54.5 Å². The number of aryl methyl sites for hydroxylation is 2. The lowest BCUT2D eigenvalue weighted by Crippen LogP contribution is -2.45. The molecule has 0 amide bonds. The normalized spacial score (nSPS) is 15.1. The first-order valence-corrected chi connectivity index (χ1v) is 13.9. The zero-order valence-corrected chi connectivity index (χ0v) is 22.5. The summed E-state index contributed by atoms with van der Waals surface area (Å²) in [5.74, 6) is 0.975. The fraction of sp³-hybridized carbons (Fsp3) is 0.444. The summed E-state index contributed by atoms with van der Waals surface area (Å²) in [6.07, 6.45) is 0.608. The number of sulfonamides is 1. The number of aromatic nitrogens is 2. The van der Waals surface area contributed by atoms with E-state index in [1.807, 2.05) is 61.0 Å². The van der Waals surface area contributed by atoms with Gasteiger partial charge in [0.05, 0.1) is 16.3 Å². The van der Waals surface area contributed by atoms with Gasteiger partial charge in [-0.2, -0.15) is 9.40 Å². The molecule has 0 N–H and O–H groups in total. The third-order valence-electron chi connectivity index (χ3n) is 6.71. The number of benzene rings is 2. The van der Waals surface area contributed by atoms with Gasteiger partial charge in [-0.25, -0.2) is 13.1 Å². The Morgan fingerprint density at radius 3 is 2.28 bits per heavy atom. The molecule has 0 bridgehead atoms. The van der Waals surface area contributed by atoms with Crippen molar-refractivity contribution >= 4 is 15.8 Å². The molecule has 0 unspecified atom stereocenters. The first-order valence-electron chi connectivity index (χ1n) is 12.4. The lowest BCUT2D eigenvalue weighted by Gasteiger charge is -2.35. The van der Waals surface area contributed by atoms with E-state index in [0.29, 0.717) is 24.5 Å². The monoisotopic (exact) mass is 511 g/mol. The smallest absolute Gasteiger partial charge is 0.243 e. The molecule has 0 spiro atoms. The summed E-state index contributed by atoms with van der Waals surface area (Å²) in [5, 5.41) is 4.91. The zero-order chi connectivity index (χ0) is 25.7. The Kier molecular flexibility index (Phi) is 8.46. The van der Waals surface area contributed by atoms with Crippen molar-refractivity contribution in [3.8, 4) is 5.69 Å². The van der Waals surface area contributed by atoms with Crippen LogP contribution in [0.2, 0.25) is 0 Å². The molecular weight excluding hydrogens is 474 g/mol. The molecule has 2 heterocycles. The number of anilines is 1. The minimum atomic E-state index is -3.71. The van der Waals surface area contributed by atoms with Crippen molar-refractivity contribution in [1.82, 2.24) is 19.0 Å². The minimum absolute atomic E-state index is 0.250. The number of likely N-dealkylation sites (N-methyl/N-ethyl adjacent to an activating group) is 1. The maximum absolute atomic E-state index is 13.8. The maximum Gasteiger partial charge on any atom is 0.243 e. The summed E-state index contributed by atoms with van der Waals surface area (Å²) in [7, 11) is 0.0550. The van der Waals surface area contributed by atoms with Crippen molar-refractivity contribution in [3.63, 3.8) is 0 Å². The van der Waals surface area contributed by atoms with Crippen molar-refractivity contribution < 1.29 is 13.2 Å². The Balaban J connectivity index is 1.76. The average molecular weight is 512 g/mol. The first-order chi connectivity index (χ1) is 17.3. The van der Waals surface area contributed by atoms with Gasteiger partial charge in [0.1, 0.15) is 5.82 Å². The van der Waals surface area contributed by atoms with E-state index in [1.165, 1.54) is 0 Å². The van der Waals surface area contributed by atoms with E-state index in [-0.39, 0.29) is 6.54 Å². The van der Waals surface area contributed by atoms with Crippen molar-refractivity contribution in [2.24, 2.45) is 0 Å². The number of para-hydroxylation sites is 1. The molecule has 2 aromatic carbocycles. The van der Waals surface area contributed by atoms with Gasteiger partial charge in [0, 0.05) is 58.5 Å². The summed E-state index contributed by atoms with van der Waals surface area (Å²) < 4.78 is 36.4. The number of hydrogen-bond donors (Lipinski definition) is 0. The first kappa shape index (κ1) is 26.3. The predicted molar refractivity (Wildman–Crippen MR) is 143 cm³/mol. The lowest BCUT2D eigenvalue weighted by molar-refractivity contribution is 0.186. The Morgan fingerprint density at radius 2 is 1.64 bits per heavy atom. The highest BCUT2D eigenvalue weighted by molar-refractivity contribution is 7.89. The number of ether oxygens (including phenoxy) is 1. The number of methoxy groups -OCH3 is 1. The van der Waals surface area contributed by atoms with E-state index >= 15 is 0 Å². The summed E-state index contributed by atoms with van der Waals surface area (Å²) in [4.78, 5) is 4.96. The molecule has 1 saturated heterocycles. The van der Waals surface area contributed by atoms with Crippen LogP contribution in [0, 0.1) is 13.8 Å². The Morgan fingerprint density at radius 1 is 0.972 bits per heavy atom. The molecule has 36 heavy (non-hydrogen) atoms. The van der Waals surface area contributed by atoms with E-state index < -0.39 is 10.0 Å². The van der Waals surface area contributed by atoms with Crippen LogP contribution in [0.3, 0.4) is 0 Å². The largest absolute Gasteiger partial charge is 0.385 e. The molecule has 0 saturated carbocycles. The standard InChI is InChI=1S/C27H37N5O3S/c1-22-11-13-25(14-12-22)36(33,34)31(15-8-20-35-4)21-26-23(2)28-32(24-9-6-5-7-10-24)27(26)30-18-16-29(3)17-19-30/h5-7,9-14H,8,15-21H2,1-4H3. The molecule has 8 nitrogen and oxygen atoms in total. The van der Waals surface area contributed by atoms with Gasteiger partial charge in [0.15, 0.2) is 0 Å². The SMILES string of the molecule is COCCCN(Cc1c(C)nn(-c2ccccc2)c1N1CCN(C)CC1)S(=O)(=O)c1ccc(C)cc1. The number of piperazine rings is 1. The maximum atomic E-state index is 13.8. The molecule has 1 fully saturated rings. The molecule has 194 valence electrons.